The molecule has 6 fully saturated rings. The minimum absolute atomic E-state index is 0. The van der Waals surface area contributed by atoms with Crippen LogP contribution in [-0.4, -0.2) is 161 Å². The number of rotatable bonds is 38. The molecule has 0 bridgehead atoms. The molecule has 3 N–H and O–H groups in total. The van der Waals surface area contributed by atoms with Crippen LogP contribution >= 0.6 is 0 Å². The molecule has 0 aromatic rings. The number of Topliss-reactive ketones (excluding diaryl/α,β-unsaturated/α-hetero) is 9. The normalized spacial score (nSPS) is 22.9. The molecule has 3 heterocycles. The molecule has 3 aliphatic carbocycles. The third-order valence-corrected chi connectivity index (χ3v) is 23.0. The Morgan fingerprint density at radius 3 is 1.45 bits per heavy atom. The van der Waals surface area contributed by atoms with Crippen molar-refractivity contribution in [2.24, 2.45) is 81.8 Å². The van der Waals surface area contributed by atoms with E-state index in [-0.39, 0.29) is 236 Å². The molecule has 100 heavy (non-hydrogen) atoms. The van der Waals surface area contributed by atoms with Gasteiger partial charge in [0.1, 0.15) is 34.7 Å². The first kappa shape index (κ1) is 95.4. The van der Waals surface area contributed by atoms with Crippen molar-refractivity contribution < 1.29 is 121 Å². The zero-order valence-corrected chi connectivity index (χ0v) is 73.1. The van der Waals surface area contributed by atoms with Crippen LogP contribution < -0.4 is 16.0 Å². The molecule has 2 unspecified atom stereocenters. The summed E-state index contributed by atoms with van der Waals surface area (Å²) < 4.78 is 0. The summed E-state index contributed by atoms with van der Waals surface area (Å²) in [5, 5.41) is 8.96. The number of ketones is 9. The Balaban J connectivity index is 0.000000741. The summed E-state index contributed by atoms with van der Waals surface area (Å²) in [5.74, 6) is -0.588. The maximum Gasteiger partial charge on any atom is 0.227 e. The Bertz CT molecular complexity index is 2680. The third kappa shape index (κ3) is 27.3. The quantitative estimate of drug-likeness (QED) is 0.0486. The smallest absolute Gasteiger partial charge is 0.227 e. The van der Waals surface area contributed by atoms with Crippen molar-refractivity contribution in [3.8, 4) is 0 Å². The Kier molecular flexibility index (Phi) is 43.1. The van der Waals surface area contributed by atoms with Gasteiger partial charge in [0.25, 0.3) is 0 Å². The average molecular weight is 1910 g/mol. The van der Waals surface area contributed by atoms with Gasteiger partial charge in [-0.3, -0.25) is 57.5 Å². The molecule has 0 spiro atoms. The van der Waals surface area contributed by atoms with Crippen molar-refractivity contribution in [3.05, 3.63) is 20.8 Å². The topological polar surface area (TPSA) is 251 Å². The number of carbonyl (C=O) groups excluding carboxylic acids is 12. The van der Waals surface area contributed by atoms with Crippen LogP contribution in [0.25, 0.3) is 0 Å². The molecule has 6 rings (SSSR count). The number of nitrogens with zero attached hydrogens (tertiary/aromatic N) is 3. The molecule has 3 saturated carbocycles. The Labute approximate surface area is 646 Å². The van der Waals surface area contributed by atoms with E-state index in [9.17, 15) is 57.5 Å². The van der Waals surface area contributed by atoms with E-state index in [1.165, 1.54) is 6.42 Å². The summed E-state index contributed by atoms with van der Waals surface area (Å²) in [6.45, 7) is 38.2. The predicted octanol–water partition coefficient (Wildman–Crippen LogP) is 11.4. The van der Waals surface area contributed by atoms with E-state index < -0.39 is 35.4 Å². The first-order chi connectivity index (χ1) is 45.6. The van der Waals surface area contributed by atoms with Crippen molar-refractivity contribution in [2.75, 3.05) is 40.8 Å². The molecule has 14 atom stereocenters. The molecule has 3 aliphatic heterocycles. The van der Waals surface area contributed by atoms with Crippen LogP contribution in [0.2, 0.25) is 0 Å². The summed E-state index contributed by atoms with van der Waals surface area (Å²) in [5.41, 5.74) is -0.373. The number of hydrogen-bond acceptors (Lipinski definition) is 15. The summed E-state index contributed by atoms with van der Waals surface area (Å²) in [6.07, 6.45) is 16.9. The van der Waals surface area contributed by atoms with E-state index in [0.29, 0.717) is 82.3 Å². The van der Waals surface area contributed by atoms with Gasteiger partial charge in [0.05, 0.1) is 18.1 Å². The Morgan fingerprint density at radius 2 is 0.990 bits per heavy atom. The zero-order valence-electron chi connectivity index (χ0n) is 64.3. The molecule has 0 radical (unpaired) electrons. The number of likely N-dealkylation sites (N-methyl/N-ethyl adjacent to an activating group) is 3. The van der Waals surface area contributed by atoms with Crippen molar-refractivity contribution in [1.29, 1.82) is 0 Å². The van der Waals surface area contributed by atoms with Crippen molar-refractivity contribution in [2.45, 2.75) is 287 Å². The molecule has 0 aromatic carbocycles. The Hall–Kier alpha value is -2.62. The second-order valence-electron chi connectivity index (χ2n) is 32.3. The van der Waals surface area contributed by atoms with E-state index in [2.05, 4.69) is 50.6 Å². The van der Waals surface area contributed by atoms with Crippen LogP contribution in [0.5, 0.6) is 0 Å². The van der Waals surface area contributed by atoms with Gasteiger partial charge in [0.2, 0.25) is 17.7 Å². The largest absolute Gasteiger partial charge is 0.341 e. The summed E-state index contributed by atoms with van der Waals surface area (Å²) in [6, 6.07) is -2.49. The van der Waals surface area contributed by atoms with E-state index >= 15 is 0 Å². The number of likely N-dealkylation sites (tertiary alicyclic amines) is 3. The predicted molar refractivity (Wildman–Crippen MR) is 382 cm³/mol. The van der Waals surface area contributed by atoms with E-state index in [0.717, 1.165) is 70.6 Å². The maximum absolute atomic E-state index is 13.8. The van der Waals surface area contributed by atoms with Crippen molar-refractivity contribution in [1.82, 2.24) is 30.7 Å². The number of hydrogen-bond donors (Lipinski definition) is 3. The summed E-state index contributed by atoms with van der Waals surface area (Å²) in [4.78, 5) is 161. The van der Waals surface area contributed by atoms with Crippen LogP contribution in [0, 0.1) is 103 Å². The Morgan fingerprint density at radius 1 is 0.520 bits per heavy atom. The van der Waals surface area contributed by atoms with Gasteiger partial charge in [-0.05, 0) is 152 Å². The molecule has 18 nitrogen and oxygen atoms in total. The second-order valence-corrected chi connectivity index (χ2v) is 32.3. The van der Waals surface area contributed by atoms with Gasteiger partial charge >= 0.3 is 0 Å². The van der Waals surface area contributed by atoms with Crippen LogP contribution in [0.15, 0.2) is 0 Å². The standard InChI is InChI=1S/C28H47N2O4.C27H43N2O4.C24H41N2O4.3W/c1-7-23(29-6)25(32)18-22(28(3,4)5)27(34)30-16-12-11-15-24(30)26(33)17-21(19(2)31)20-13-9-8-10-14-20;1-7-9-18(16(3)30)13-23(32)25-24-20(27(24,4)5)15-29(25)26(33)19(12-17-10-11-17)14-22(31)21(8-2)28-6;1-8-20(25-7)22(28)14-19(16(4)5)24(30)26-11-9-10-21(26)23(29)13-18(17(6)27)12-15(2)3;;;/h20-24,29H,1,7-18H2,2-6H3;17-21,24-25,28H,2,7-15H2,1,3-6H3;15-16,18-21,25H,1,8-14H2,2-7H3;;;/q3*-1;;;/t21-,22-,23+,24+;18-,19-,20?,21+,24?,25-;18-,19+,20+,21+;;;/m111.../s1. The fraction of sp³-hybridized carbons (Fsp3) is 0.810. The fourth-order valence-corrected chi connectivity index (χ4v) is 16.3. The van der Waals surface area contributed by atoms with Gasteiger partial charge < -0.3 is 51.4 Å². The van der Waals surface area contributed by atoms with Gasteiger partial charge in [0.15, 0.2) is 17.3 Å². The number of nitrogens with one attached hydrogen (secondary N) is 3. The monoisotopic (exact) mass is 1910 g/mol. The van der Waals surface area contributed by atoms with Gasteiger partial charge in [-0.25, -0.2) is 0 Å². The van der Waals surface area contributed by atoms with Gasteiger partial charge in [-0.1, -0.05) is 108 Å². The van der Waals surface area contributed by atoms with Gasteiger partial charge in [-0.15, -0.1) is 0 Å². The number of amides is 3. The van der Waals surface area contributed by atoms with Gasteiger partial charge in [0, 0.05) is 175 Å². The number of piperidine rings is 2. The number of carbonyl (C=O) groups is 12. The summed E-state index contributed by atoms with van der Waals surface area (Å²) >= 11 is 0. The van der Waals surface area contributed by atoms with Gasteiger partial charge in [-0.2, -0.15) is 19.3 Å². The van der Waals surface area contributed by atoms with E-state index in [4.69, 9.17) is 0 Å². The van der Waals surface area contributed by atoms with Crippen molar-refractivity contribution >= 4 is 69.8 Å². The van der Waals surface area contributed by atoms with Crippen LogP contribution in [0.4, 0.5) is 0 Å². The molecule has 3 amide bonds. The second kappa shape index (κ2) is 45.1. The van der Waals surface area contributed by atoms with Crippen LogP contribution in [0.1, 0.15) is 251 Å². The minimum Gasteiger partial charge on any atom is -0.341 e. The van der Waals surface area contributed by atoms with Crippen LogP contribution in [-0.2, 0) is 121 Å². The molecule has 3 saturated heterocycles. The number of fused-ring (bicyclic) bond motifs is 1. The third-order valence-electron chi connectivity index (χ3n) is 23.0. The van der Waals surface area contributed by atoms with Crippen LogP contribution in [0.3, 0.4) is 0 Å². The SMILES string of the molecule is [CH2-]C[C@H](NC)C(=O)C[C@@H](CC1CC1)C(=O)N1CC2C([C@H]1C(=O)C[C@@H](CCC)C(C)=O)C2(C)C.[CH2-]C[C@H](NC)C(=O)C[C@H](C(=O)N1CCCC[C@H]1C(=O)C[C@H](C(C)=O)C1CCCCC1)C(C)(C)C.[CH2-]C[C@H](NC)C(=O)C[C@H](C(=O)N1CCC[C@H]1C(=O)C[C@@H](CC(C)C)C(C)=O)C(C)C.[W].[W].[W]. The maximum atomic E-state index is 13.8. The average Bonchev–Trinajstić information content (AvgIpc) is 1.52. The zero-order chi connectivity index (χ0) is 73.0. The molecule has 0 aromatic heterocycles. The molecule has 570 valence electrons. The van der Waals surface area contributed by atoms with Crippen molar-refractivity contribution in [3.63, 3.8) is 0 Å². The minimum atomic E-state index is -0.502. The fourth-order valence-electron chi connectivity index (χ4n) is 16.3. The molecular weight excluding hydrogens is 1780 g/mol. The molecule has 6 aliphatic rings. The first-order valence-electron chi connectivity index (χ1n) is 37.6. The molecular formula is C79H131N6O12W3-3. The van der Waals surface area contributed by atoms with E-state index in [1.807, 2.05) is 55.4 Å². The molecule has 21 heteroatoms. The summed E-state index contributed by atoms with van der Waals surface area (Å²) in [7, 11) is 5.20. The first-order valence-corrected chi connectivity index (χ1v) is 37.6. The van der Waals surface area contributed by atoms with E-state index in [1.54, 1.807) is 56.6 Å².